The molecule has 1 heterocycles. The molecule has 0 saturated heterocycles. The number of para-hydroxylation sites is 1. The smallest absolute Gasteiger partial charge is 0.135 e. The van der Waals surface area contributed by atoms with Crippen LogP contribution >= 0.6 is 0 Å². The lowest BCUT2D eigenvalue weighted by atomic mass is 10.1. The van der Waals surface area contributed by atoms with E-state index in [1.165, 1.54) is 0 Å². The lowest BCUT2D eigenvalue weighted by molar-refractivity contribution is 0.242. The van der Waals surface area contributed by atoms with E-state index in [1.807, 2.05) is 50.2 Å². The van der Waals surface area contributed by atoms with Crippen LogP contribution < -0.4 is 4.74 Å². The molecule has 0 radical (unpaired) electrons. The van der Waals surface area contributed by atoms with Gasteiger partial charge in [0, 0.05) is 10.8 Å². The fraction of sp³-hybridized carbons (Fsp3) is 0.200. The molecule has 17 heavy (non-hydrogen) atoms. The first kappa shape index (κ1) is 10.2. The maximum Gasteiger partial charge on any atom is 0.135 e. The van der Waals surface area contributed by atoms with E-state index < -0.39 is 0 Å². The van der Waals surface area contributed by atoms with Gasteiger partial charge in [0.2, 0.25) is 0 Å². The number of ether oxygens (including phenoxy) is 1. The second-order valence-electron chi connectivity index (χ2n) is 4.42. The molecule has 0 atom stereocenters. The Kier molecular flexibility index (Phi) is 2.29. The van der Waals surface area contributed by atoms with Crippen LogP contribution in [0.1, 0.15) is 13.8 Å². The Labute approximate surface area is 99.8 Å². The van der Waals surface area contributed by atoms with Crippen molar-refractivity contribution in [3.63, 3.8) is 0 Å². The van der Waals surface area contributed by atoms with E-state index in [4.69, 9.17) is 9.15 Å². The first-order valence-electron chi connectivity index (χ1n) is 5.82. The van der Waals surface area contributed by atoms with Gasteiger partial charge in [-0.3, -0.25) is 0 Å². The number of fused-ring (bicyclic) bond motifs is 3. The number of furan rings is 1. The Morgan fingerprint density at radius 3 is 2.53 bits per heavy atom. The summed E-state index contributed by atoms with van der Waals surface area (Å²) in [4.78, 5) is 0. The standard InChI is InChI=1S/C15H14O2/c1-10(2)16-11-7-8-15-13(9-11)12-5-3-4-6-14(12)17-15/h3-10H,1-2H3. The zero-order valence-electron chi connectivity index (χ0n) is 9.94. The molecule has 0 spiro atoms. The van der Waals surface area contributed by atoms with Gasteiger partial charge in [-0.25, -0.2) is 0 Å². The van der Waals surface area contributed by atoms with E-state index in [0.29, 0.717) is 0 Å². The van der Waals surface area contributed by atoms with Gasteiger partial charge in [0.25, 0.3) is 0 Å². The van der Waals surface area contributed by atoms with Crippen LogP contribution in [0.4, 0.5) is 0 Å². The molecule has 0 N–H and O–H groups in total. The van der Waals surface area contributed by atoms with Crippen LogP contribution in [0, 0.1) is 0 Å². The molecular weight excluding hydrogens is 212 g/mol. The van der Waals surface area contributed by atoms with Crippen LogP contribution in [0.2, 0.25) is 0 Å². The molecule has 3 aromatic rings. The zero-order chi connectivity index (χ0) is 11.8. The summed E-state index contributed by atoms with van der Waals surface area (Å²) in [5.41, 5.74) is 1.83. The minimum absolute atomic E-state index is 0.186. The van der Waals surface area contributed by atoms with Crippen molar-refractivity contribution < 1.29 is 9.15 Å². The maximum absolute atomic E-state index is 5.76. The third kappa shape index (κ3) is 1.76. The molecule has 0 aliphatic heterocycles. The molecule has 3 rings (SSSR count). The molecule has 0 unspecified atom stereocenters. The molecule has 2 heteroatoms. The first-order valence-corrected chi connectivity index (χ1v) is 5.82. The van der Waals surface area contributed by atoms with E-state index in [0.717, 1.165) is 27.7 Å². The largest absolute Gasteiger partial charge is 0.491 e. The third-order valence-corrected chi connectivity index (χ3v) is 2.72. The van der Waals surface area contributed by atoms with Crippen molar-refractivity contribution in [2.24, 2.45) is 0 Å². The average Bonchev–Trinajstić information content (AvgIpc) is 2.66. The number of benzene rings is 2. The molecule has 0 aliphatic carbocycles. The van der Waals surface area contributed by atoms with E-state index in [2.05, 4.69) is 6.07 Å². The van der Waals surface area contributed by atoms with Crippen molar-refractivity contribution in [1.29, 1.82) is 0 Å². The Morgan fingerprint density at radius 2 is 1.71 bits per heavy atom. The van der Waals surface area contributed by atoms with Gasteiger partial charge in [-0.05, 0) is 38.1 Å². The summed E-state index contributed by atoms with van der Waals surface area (Å²) in [6.45, 7) is 4.05. The molecule has 86 valence electrons. The molecule has 0 fully saturated rings. The highest BCUT2D eigenvalue weighted by atomic mass is 16.5. The minimum atomic E-state index is 0.186. The normalized spacial score (nSPS) is 11.5. The number of rotatable bonds is 2. The Hall–Kier alpha value is -1.96. The monoisotopic (exact) mass is 226 g/mol. The van der Waals surface area contributed by atoms with Crippen LogP contribution in [0.25, 0.3) is 21.9 Å². The lowest BCUT2D eigenvalue weighted by Gasteiger charge is -2.08. The van der Waals surface area contributed by atoms with E-state index in [-0.39, 0.29) is 6.10 Å². The molecule has 0 saturated carbocycles. The second-order valence-corrected chi connectivity index (χ2v) is 4.42. The Morgan fingerprint density at radius 1 is 0.941 bits per heavy atom. The van der Waals surface area contributed by atoms with Crippen molar-refractivity contribution in [3.05, 3.63) is 42.5 Å². The van der Waals surface area contributed by atoms with Gasteiger partial charge in [0.1, 0.15) is 16.9 Å². The fourth-order valence-corrected chi connectivity index (χ4v) is 2.05. The summed E-state index contributed by atoms with van der Waals surface area (Å²) >= 11 is 0. The molecule has 1 aromatic heterocycles. The van der Waals surface area contributed by atoms with Crippen LogP contribution in [0.15, 0.2) is 46.9 Å². The van der Waals surface area contributed by atoms with Crippen molar-refractivity contribution >= 4 is 21.9 Å². The topological polar surface area (TPSA) is 22.4 Å². The van der Waals surface area contributed by atoms with Crippen LogP contribution in [-0.2, 0) is 0 Å². The summed E-state index contributed by atoms with van der Waals surface area (Å²) in [7, 11) is 0. The zero-order valence-corrected chi connectivity index (χ0v) is 9.94. The minimum Gasteiger partial charge on any atom is -0.491 e. The third-order valence-electron chi connectivity index (χ3n) is 2.72. The maximum atomic E-state index is 5.76. The van der Waals surface area contributed by atoms with Crippen molar-refractivity contribution in [3.8, 4) is 5.75 Å². The number of hydrogen-bond acceptors (Lipinski definition) is 2. The summed E-state index contributed by atoms with van der Waals surface area (Å²) in [5, 5.41) is 2.25. The molecule has 2 nitrogen and oxygen atoms in total. The fourth-order valence-electron chi connectivity index (χ4n) is 2.05. The lowest BCUT2D eigenvalue weighted by Crippen LogP contribution is -2.04. The average molecular weight is 226 g/mol. The van der Waals surface area contributed by atoms with Crippen molar-refractivity contribution in [1.82, 2.24) is 0 Å². The van der Waals surface area contributed by atoms with Crippen LogP contribution in [-0.4, -0.2) is 6.10 Å². The Bertz CT molecular complexity index is 665. The quantitative estimate of drug-likeness (QED) is 0.647. The molecule has 0 bridgehead atoms. The van der Waals surface area contributed by atoms with Crippen LogP contribution in [0.5, 0.6) is 5.75 Å². The number of hydrogen-bond donors (Lipinski definition) is 0. The summed E-state index contributed by atoms with van der Waals surface area (Å²) in [5.74, 6) is 0.888. The van der Waals surface area contributed by atoms with Crippen LogP contribution in [0.3, 0.4) is 0 Å². The summed E-state index contributed by atoms with van der Waals surface area (Å²) < 4.78 is 11.5. The second kappa shape index (κ2) is 3.81. The van der Waals surface area contributed by atoms with E-state index in [9.17, 15) is 0 Å². The molecular formula is C15H14O2. The molecule has 0 amide bonds. The van der Waals surface area contributed by atoms with Crippen molar-refractivity contribution in [2.45, 2.75) is 20.0 Å². The predicted molar refractivity (Wildman–Crippen MR) is 69.5 cm³/mol. The van der Waals surface area contributed by atoms with Gasteiger partial charge in [-0.1, -0.05) is 18.2 Å². The molecule has 2 aromatic carbocycles. The first-order chi connectivity index (χ1) is 8.24. The van der Waals surface area contributed by atoms with E-state index >= 15 is 0 Å². The van der Waals surface area contributed by atoms with Gasteiger partial charge >= 0.3 is 0 Å². The molecule has 0 aliphatic rings. The van der Waals surface area contributed by atoms with E-state index in [1.54, 1.807) is 0 Å². The van der Waals surface area contributed by atoms with Gasteiger partial charge in [0.05, 0.1) is 6.10 Å². The van der Waals surface area contributed by atoms with Gasteiger partial charge < -0.3 is 9.15 Å². The SMILES string of the molecule is CC(C)Oc1ccc2oc3ccccc3c2c1. The predicted octanol–water partition coefficient (Wildman–Crippen LogP) is 4.37. The highest BCUT2D eigenvalue weighted by Crippen LogP contribution is 2.31. The van der Waals surface area contributed by atoms with Gasteiger partial charge in [-0.2, -0.15) is 0 Å². The summed E-state index contributed by atoms with van der Waals surface area (Å²) in [6, 6.07) is 14.0. The summed E-state index contributed by atoms with van der Waals surface area (Å²) in [6.07, 6.45) is 0.186. The van der Waals surface area contributed by atoms with Gasteiger partial charge in [0.15, 0.2) is 0 Å². The Balaban J connectivity index is 2.23. The highest BCUT2D eigenvalue weighted by Gasteiger charge is 2.07. The highest BCUT2D eigenvalue weighted by molar-refractivity contribution is 6.05. The van der Waals surface area contributed by atoms with Crippen molar-refractivity contribution in [2.75, 3.05) is 0 Å². The van der Waals surface area contributed by atoms with Gasteiger partial charge in [-0.15, -0.1) is 0 Å².